The monoisotopic (exact) mass is 240 g/mol. The summed E-state index contributed by atoms with van der Waals surface area (Å²) < 4.78 is 30.0. The number of carbonyl (C=O) groups excluding carboxylic acids is 1. The summed E-state index contributed by atoms with van der Waals surface area (Å²) >= 11 is 0. The van der Waals surface area contributed by atoms with E-state index < -0.39 is 23.5 Å². The van der Waals surface area contributed by atoms with Crippen molar-refractivity contribution in [1.82, 2.24) is 4.98 Å². The van der Waals surface area contributed by atoms with Crippen molar-refractivity contribution in [3.05, 3.63) is 28.6 Å². The molecule has 0 atom stereocenters. The minimum absolute atomic E-state index is 0.0866. The molecule has 0 aliphatic rings. The summed E-state index contributed by atoms with van der Waals surface area (Å²) in [4.78, 5) is 15.2. The molecule has 0 saturated carbocycles. The number of esters is 1. The van der Waals surface area contributed by atoms with Gasteiger partial charge in [0.15, 0.2) is 5.69 Å². The molecule has 90 valence electrons. The first-order valence-corrected chi connectivity index (χ1v) is 4.88. The molecule has 0 amide bonds. The van der Waals surface area contributed by atoms with E-state index in [1.54, 1.807) is 13.0 Å². The molecule has 0 fully saturated rings. The molecule has 0 aliphatic heterocycles. The van der Waals surface area contributed by atoms with Gasteiger partial charge >= 0.3 is 5.97 Å². The number of carbonyl (C=O) groups is 1. The average Bonchev–Trinajstić information content (AvgIpc) is 2.28. The second-order valence-electron chi connectivity index (χ2n) is 3.21. The van der Waals surface area contributed by atoms with Crippen LogP contribution in [0.2, 0.25) is 0 Å². The molecule has 1 heterocycles. The molecule has 0 aromatic carbocycles. The van der Waals surface area contributed by atoms with Crippen LogP contribution in [0.3, 0.4) is 0 Å². The number of aryl methyl sites for hydroxylation is 1. The molecule has 0 unspecified atom stereocenters. The Morgan fingerprint density at radius 3 is 2.76 bits per heavy atom. The molecule has 0 spiro atoms. The van der Waals surface area contributed by atoms with Crippen molar-refractivity contribution < 1.29 is 18.3 Å². The van der Waals surface area contributed by atoms with Crippen LogP contribution >= 0.6 is 0 Å². The van der Waals surface area contributed by atoms with E-state index in [1.165, 1.54) is 6.92 Å². The van der Waals surface area contributed by atoms with Gasteiger partial charge in [0.1, 0.15) is 6.07 Å². The Labute approximate surface area is 96.8 Å². The Morgan fingerprint density at radius 2 is 2.29 bits per heavy atom. The molecular weight excluding hydrogens is 230 g/mol. The lowest BCUT2D eigenvalue weighted by Crippen LogP contribution is -2.12. The second kappa shape index (κ2) is 5.34. The number of halogens is 2. The first-order chi connectivity index (χ1) is 8.01. The van der Waals surface area contributed by atoms with Crippen molar-refractivity contribution in [3.63, 3.8) is 0 Å². The van der Waals surface area contributed by atoms with Gasteiger partial charge in [-0.3, -0.25) is 0 Å². The number of pyridine rings is 1. The largest absolute Gasteiger partial charge is 0.461 e. The minimum atomic E-state index is -2.83. The van der Waals surface area contributed by atoms with Gasteiger partial charge in [-0.15, -0.1) is 0 Å². The fourth-order valence-corrected chi connectivity index (χ4v) is 1.34. The summed E-state index contributed by atoms with van der Waals surface area (Å²) in [5, 5.41) is 8.83. The van der Waals surface area contributed by atoms with Gasteiger partial charge in [-0.25, -0.2) is 18.6 Å². The van der Waals surface area contributed by atoms with Crippen molar-refractivity contribution in [2.75, 3.05) is 6.61 Å². The highest BCUT2D eigenvalue weighted by molar-refractivity contribution is 5.90. The third-order valence-electron chi connectivity index (χ3n) is 1.99. The summed E-state index contributed by atoms with van der Waals surface area (Å²) in [6.45, 7) is 3.13. The van der Waals surface area contributed by atoms with Gasteiger partial charge < -0.3 is 4.74 Å². The van der Waals surface area contributed by atoms with E-state index in [-0.39, 0.29) is 18.0 Å². The average molecular weight is 240 g/mol. The molecule has 0 saturated heterocycles. The Balaban J connectivity index is 3.39. The first kappa shape index (κ1) is 13.0. The van der Waals surface area contributed by atoms with Crippen molar-refractivity contribution in [2.24, 2.45) is 0 Å². The third-order valence-corrected chi connectivity index (χ3v) is 1.99. The van der Waals surface area contributed by atoms with Crippen LogP contribution in [0.15, 0.2) is 6.07 Å². The Bertz CT molecular complexity index is 481. The highest BCUT2D eigenvalue weighted by Crippen LogP contribution is 2.25. The standard InChI is InChI=1S/C11H10F2N2O2/c1-3-17-11(16)9-8(5-14)7(10(12)13)4-6(2)15-9/h4,10H,3H2,1-2H3. The molecule has 0 aliphatic carbocycles. The van der Waals surface area contributed by atoms with E-state index in [9.17, 15) is 13.6 Å². The zero-order chi connectivity index (χ0) is 13.0. The van der Waals surface area contributed by atoms with Gasteiger partial charge in [0, 0.05) is 11.3 Å². The maximum absolute atomic E-state index is 12.7. The lowest BCUT2D eigenvalue weighted by atomic mass is 10.1. The molecule has 4 nitrogen and oxygen atoms in total. The number of rotatable bonds is 3. The van der Waals surface area contributed by atoms with E-state index in [0.29, 0.717) is 0 Å². The number of nitrogens with zero attached hydrogens (tertiary/aromatic N) is 2. The number of nitriles is 1. The summed E-state index contributed by atoms with van der Waals surface area (Å²) in [6.07, 6.45) is -2.83. The fourth-order valence-electron chi connectivity index (χ4n) is 1.34. The molecule has 1 aromatic rings. The predicted molar refractivity (Wildman–Crippen MR) is 54.6 cm³/mol. The van der Waals surface area contributed by atoms with Crippen molar-refractivity contribution in [3.8, 4) is 6.07 Å². The summed E-state index contributed by atoms with van der Waals surface area (Å²) in [5.74, 6) is -0.866. The van der Waals surface area contributed by atoms with Crippen LogP contribution < -0.4 is 0 Å². The van der Waals surface area contributed by atoms with Crippen LogP contribution in [-0.2, 0) is 4.74 Å². The van der Waals surface area contributed by atoms with Crippen LogP contribution in [0.5, 0.6) is 0 Å². The van der Waals surface area contributed by atoms with Gasteiger partial charge in [0.2, 0.25) is 0 Å². The highest BCUT2D eigenvalue weighted by atomic mass is 19.3. The van der Waals surface area contributed by atoms with E-state index in [4.69, 9.17) is 5.26 Å². The molecule has 0 N–H and O–H groups in total. The Morgan fingerprint density at radius 1 is 1.65 bits per heavy atom. The Kier molecular flexibility index (Phi) is 4.10. The van der Waals surface area contributed by atoms with Crippen LogP contribution in [0.25, 0.3) is 0 Å². The molecule has 0 radical (unpaired) electrons. The predicted octanol–water partition coefficient (Wildman–Crippen LogP) is 2.38. The molecule has 6 heteroatoms. The molecule has 0 bridgehead atoms. The topological polar surface area (TPSA) is 63.0 Å². The molecule has 1 rings (SSSR count). The van der Waals surface area contributed by atoms with Gasteiger partial charge in [-0.2, -0.15) is 5.26 Å². The van der Waals surface area contributed by atoms with Crippen LogP contribution in [0.1, 0.15) is 40.7 Å². The minimum Gasteiger partial charge on any atom is -0.461 e. The van der Waals surface area contributed by atoms with Gasteiger partial charge in [-0.1, -0.05) is 0 Å². The normalized spacial score (nSPS) is 10.1. The highest BCUT2D eigenvalue weighted by Gasteiger charge is 2.23. The number of alkyl halides is 2. The smallest absolute Gasteiger partial charge is 0.358 e. The Hall–Kier alpha value is -2.03. The zero-order valence-corrected chi connectivity index (χ0v) is 9.33. The van der Waals surface area contributed by atoms with Crippen molar-refractivity contribution >= 4 is 5.97 Å². The van der Waals surface area contributed by atoms with Crippen LogP contribution in [-0.4, -0.2) is 17.6 Å². The maximum atomic E-state index is 12.7. The molecule has 1 aromatic heterocycles. The second-order valence-corrected chi connectivity index (χ2v) is 3.21. The number of aromatic nitrogens is 1. The molecule has 17 heavy (non-hydrogen) atoms. The SMILES string of the molecule is CCOC(=O)c1nc(C)cc(C(F)F)c1C#N. The third kappa shape index (κ3) is 2.75. The number of ether oxygens (including phenoxy) is 1. The number of hydrogen-bond acceptors (Lipinski definition) is 4. The van der Waals surface area contributed by atoms with E-state index in [2.05, 4.69) is 9.72 Å². The first-order valence-electron chi connectivity index (χ1n) is 4.88. The van der Waals surface area contributed by atoms with E-state index in [0.717, 1.165) is 6.07 Å². The lowest BCUT2D eigenvalue weighted by Gasteiger charge is -2.08. The summed E-state index contributed by atoms with van der Waals surface area (Å²) in [7, 11) is 0. The molecular formula is C11H10F2N2O2. The number of hydrogen-bond donors (Lipinski definition) is 0. The summed E-state index contributed by atoms with van der Waals surface area (Å²) in [5.41, 5.74) is -1.04. The quantitative estimate of drug-likeness (QED) is 0.761. The van der Waals surface area contributed by atoms with E-state index >= 15 is 0 Å². The van der Waals surface area contributed by atoms with Crippen LogP contribution in [0.4, 0.5) is 8.78 Å². The fraction of sp³-hybridized carbons (Fsp3) is 0.364. The van der Waals surface area contributed by atoms with E-state index in [1.807, 2.05) is 0 Å². The van der Waals surface area contributed by atoms with Gasteiger partial charge in [0.05, 0.1) is 12.2 Å². The summed E-state index contributed by atoms with van der Waals surface area (Å²) in [6, 6.07) is 2.66. The van der Waals surface area contributed by atoms with Crippen molar-refractivity contribution in [1.29, 1.82) is 5.26 Å². The van der Waals surface area contributed by atoms with Crippen LogP contribution in [0, 0.1) is 18.3 Å². The van der Waals surface area contributed by atoms with Crippen molar-refractivity contribution in [2.45, 2.75) is 20.3 Å². The zero-order valence-electron chi connectivity index (χ0n) is 9.33. The lowest BCUT2D eigenvalue weighted by molar-refractivity contribution is 0.0518. The van der Waals surface area contributed by atoms with Gasteiger partial charge in [0.25, 0.3) is 6.43 Å². The maximum Gasteiger partial charge on any atom is 0.358 e. The van der Waals surface area contributed by atoms with Gasteiger partial charge in [-0.05, 0) is 19.9 Å².